The molecule has 3 heterocycles. The van der Waals surface area contributed by atoms with Gasteiger partial charge in [-0.25, -0.2) is 4.39 Å². The Kier molecular flexibility index (Phi) is 4.27. The first kappa shape index (κ1) is 16.2. The van der Waals surface area contributed by atoms with Crippen molar-refractivity contribution in [3.05, 3.63) is 47.5 Å². The van der Waals surface area contributed by atoms with Crippen molar-refractivity contribution in [2.24, 2.45) is 0 Å². The molecule has 2 bridgehead atoms. The molecule has 0 radical (unpaired) electrons. The molecule has 6 heteroatoms. The minimum atomic E-state index is -0.192. The van der Waals surface area contributed by atoms with Gasteiger partial charge in [-0.05, 0) is 56.2 Å². The van der Waals surface area contributed by atoms with E-state index in [2.05, 4.69) is 15.1 Å². The van der Waals surface area contributed by atoms with E-state index < -0.39 is 0 Å². The zero-order valence-electron chi connectivity index (χ0n) is 14.4. The standard InChI is InChI=1S/C19H23FN4O/c1-13-10-14(2-6-18(13)20)3-7-19(25)23-15-4-5-16(23)12-17(11-15)24-21-8-9-22-24/h2,6,8-10,15-17H,3-5,7,11-12H2,1H3/t15-,16-/m0/s1. The summed E-state index contributed by atoms with van der Waals surface area (Å²) in [5.74, 6) is 0.0313. The summed E-state index contributed by atoms with van der Waals surface area (Å²) in [6, 6.07) is 6.01. The van der Waals surface area contributed by atoms with Crippen LogP contribution in [0.25, 0.3) is 0 Å². The van der Waals surface area contributed by atoms with Crippen molar-refractivity contribution in [2.75, 3.05) is 0 Å². The fourth-order valence-electron chi connectivity index (χ4n) is 4.40. The van der Waals surface area contributed by atoms with Gasteiger partial charge in [-0.1, -0.05) is 12.1 Å². The molecule has 0 saturated carbocycles. The average molecular weight is 342 g/mol. The smallest absolute Gasteiger partial charge is 0.223 e. The third-order valence-electron chi connectivity index (χ3n) is 5.61. The van der Waals surface area contributed by atoms with E-state index in [1.807, 2.05) is 6.07 Å². The molecule has 2 aliphatic rings. The Morgan fingerprint density at radius 2 is 1.84 bits per heavy atom. The molecular weight excluding hydrogens is 319 g/mol. The van der Waals surface area contributed by atoms with Crippen LogP contribution in [0.1, 0.15) is 49.3 Å². The second kappa shape index (κ2) is 6.58. The third kappa shape index (κ3) is 3.17. The van der Waals surface area contributed by atoms with Gasteiger partial charge in [0.1, 0.15) is 5.82 Å². The van der Waals surface area contributed by atoms with Gasteiger partial charge in [0.25, 0.3) is 0 Å². The number of hydrogen-bond donors (Lipinski definition) is 0. The van der Waals surface area contributed by atoms with Crippen LogP contribution >= 0.6 is 0 Å². The van der Waals surface area contributed by atoms with Crippen LogP contribution in [0.15, 0.2) is 30.6 Å². The molecule has 132 valence electrons. The molecule has 1 aromatic heterocycles. The summed E-state index contributed by atoms with van der Waals surface area (Å²) in [5.41, 5.74) is 1.66. The van der Waals surface area contributed by atoms with Gasteiger partial charge < -0.3 is 4.90 Å². The fraction of sp³-hybridized carbons (Fsp3) is 0.526. The summed E-state index contributed by atoms with van der Waals surface area (Å²) in [4.78, 5) is 16.7. The molecule has 2 fully saturated rings. The van der Waals surface area contributed by atoms with E-state index in [-0.39, 0.29) is 11.7 Å². The summed E-state index contributed by atoms with van der Waals surface area (Å²) in [6.45, 7) is 1.76. The Morgan fingerprint density at radius 1 is 1.16 bits per heavy atom. The number of halogens is 1. The monoisotopic (exact) mass is 342 g/mol. The number of piperidine rings is 1. The van der Waals surface area contributed by atoms with Gasteiger partial charge in [0.2, 0.25) is 5.91 Å². The lowest BCUT2D eigenvalue weighted by atomic mass is 9.96. The highest BCUT2D eigenvalue weighted by Gasteiger charge is 2.43. The molecule has 1 aromatic carbocycles. The SMILES string of the molecule is Cc1cc(CCC(=O)N2[C@H]3CC[C@H]2CC(n2nccn2)C3)ccc1F. The van der Waals surface area contributed by atoms with Gasteiger partial charge in [0.15, 0.2) is 0 Å². The zero-order valence-corrected chi connectivity index (χ0v) is 14.4. The molecule has 0 unspecified atom stereocenters. The molecule has 5 nitrogen and oxygen atoms in total. The second-order valence-corrected chi connectivity index (χ2v) is 7.24. The molecule has 0 spiro atoms. The van der Waals surface area contributed by atoms with Gasteiger partial charge in [-0.15, -0.1) is 0 Å². The van der Waals surface area contributed by atoms with E-state index in [0.29, 0.717) is 36.5 Å². The Bertz CT molecular complexity index is 747. The molecule has 2 atom stereocenters. The number of nitrogens with zero attached hydrogens (tertiary/aromatic N) is 4. The molecule has 4 rings (SSSR count). The Labute approximate surface area is 146 Å². The normalized spacial score (nSPS) is 25.4. The number of aromatic nitrogens is 3. The number of amides is 1. The summed E-state index contributed by atoms with van der Waals surface area (Å²) in [6.07, 6.45) is 8.60. The molecule has 0 N–H and O–H groups in total. The van der Waals surface area contributed by atoms with Crippen LogP contribution in [0.5, 0.6) is 0 Å². The van der Waals surface area contributed by atoms with Crippen LogP contribution in [0, 0.1) is 12.7 Å². The average Bonchev–Trinajstić information content (AvgIpc) is 3.22. The number of aryl methyl sites for hydroxylation is 2. The first-order chi connectivity index (χ1) is 12.1. The van der Waals surface area contributed by atoms with E-state index in [4.69, 9.17) is 0 Å². The molecule has 25 heavy (non-hydrogen) atoms. The predicted molar refractivity (Wildman–Crippen MR) is 91.4 cm³/mol. The van der Waals surface area contributed by atoms with E-state index in [1.165, 1.54) is 6.07 Å². The Morgan fingerprint density at radius 3 is 2.48 bits per heavy atom. The van der Waals surface area contributed by atoms with Gasteiger partial charge in [0, 0.05) is 18.5 Å². The first-order valence-corrected chi connectivity index (χ1v) is 9.04. The predicted octanol–water partition coefficient (Wildman–Crippen LogP) is 3.05. The van der Waals surface area contributed by atoms with Crippen LogP contribution in [0.2, 0.25) is 0 Å². The summed E-state index contributed by atoms with van der Waals surface area (Å²) in [5, 5.41) is 8.54. The Balaban J connectivity index is 1.39. The van der Waals surface area contributed by atoms with Crippen LogP contribution in [-0.2, 0) is 11.2 Å². The Hall–Kier alpha value is -2.24. The van der Waals surface area contributed by atoms with E-state index >= 15 is 0 Å². The zero-order chi connectivity index (χ0) is 17.4. The highest BCUT2D eigenvalue weighted by Crippen LogP contribution is 2.40. The van der Waals surface area contributed by atoms with E-state index in [0.717, 1.165) is 31.2 Å². The molecule has 2 aliphatic heterocycles. The maximum absolute atomic E-state index is 13.4. The van der Waals surface area contributed by atoms with Crippen molar-refractivity contribution in [2.45, 2.75) is 63.6 Å². The lowest BCUT2D eigenvalue weighted by Crippen LogP contribution is -2.47. The van der Waals surface area contributed by atoms with Gasteiger partial charge in [-0.3, -0.25) is 4.79 Å². The molecule has 2 aromatic rings. The van der Waals surface area contributed by atoms with Crippen molar-refractivity contribution in [3.8, 4) is 0 Å². The van der Waals surface area contributed by atoms with Crippen molar-refractivity contribution in [3.63, 3.8) is 0 Å². The van der Waals surface area contributed by atoms with Gasteiger partial charge >= 0.3 is 0 Å². The van der Waals surface area contributed by atoms with Crippen molar-refractivity contribution in [1.82, 2.24) is 19.9 Å². The maximum Gasteiger partial charge on any atom is 0.223 e. The first-order valence-electron chi connectivity index (χ1n) is 9.04. The highest BCUT2D eigenvalue weighted by atomic mass is 19.1. The highest BCUT2D eigenvalue weighted by molar-refractivity contribution is 5.77. The van der Waals surface area contributed by atoms with Crippen molar-refractivity contribution in [1.29, 1.82) is 0 Å². The quantitative estimate of drug-likeness (QED) is 0.858. The lowest BCUT2D eigenvalue weighted by Gasteiger charge is -2.38. The molecule has 2 saturated heterocycles. The third-order valence-corrected chi connectivity index (χ3v) is 5.61. The number of hydrogen-bond acceptors (Lipinski definition) is 3. The largest absolute Gasteiger partial charge is 0.337 e. The van der Waals surface area contributed by atoms with Crippen molar-refractivity contribution < 1.29 is 9.18 Å². The number of benzene rings is 1. The van der Waals surface area contributed by atoms with Crippen LogP contribution in [0.4, 0.5) is 4.39 Å². The van der Waals surface area contributed by atoms with Crippen molar-refractivity contribution >= 4 is 5.91 Å². The number of fused-ring (bicyclic) bond motifs is 2. The minimum Gasteiger partial charge on any atom is -0.337 e. The molecular formula is C19H23FN4O. The van der Waals surface area contributed by atoms with E-state index in [1.54, 1.807) is 30.2 Å². The summed E-state index contributed by atoms with van der Waals surface area (Å²) >= 11 is 0. The summed E-state index contributed by atoms with van der Waals surface area (Å²) < 4.78 is 13.4. The van der Waals surface area contributed by atoms with Gasteiger partial charge in [0.05, 0.1) is 18.4 Å². The topological polar surface area (TPSA) is 51.0 Å². The molecule has 1 amide bonds. The van der Waals surface area contributed by atoms with Crippen LogP contribution in [0.3, 0.4) is 0 Å². The minimum absolute atomic E-state index is 0.192. The second-order valence-electron chi connectivity index (χ2n) is 7.24. The number of carbonyl (C=O) groups is 1. The number of carbonyl (C=O) groups excluding carboxylic acids is 1. The maximum atomic E-state index is 13.4. The van der Waals surface area contributed by atoms with Crippen LogP contribution < -0.4 is 0 Å². The van der Waals surface area contributed by atoms with Gasteiger partial charge in [-0.2, -0.15) is 15.0 Å². The van der Waals surface area contributed by atoms with E-state index in [9.17, 15) is 9.18 Å². The molecule has 0 aliphatic carbocycles. The lowest BCUT2D eigenvalue weighted by molar-refractivity contribution is -0.136. The van der Waals surface area contributed by atoms with Crippen LogP contribution in [-0.4, -0.2) is 37.9 Å². The number of rotatable bonds is 4. The fourth-order valence-corrected chi connectivity index (χ4v) is 4.40. The summed E-state index contributed by atoms with van der Waals surface area (Å²) in [7, 11) is 0.